The molecule has 0 N–H and O–H groups in total. The van der Waals surface area contributed by atoms with E-state index in [0.717, 1.165) is 24.0 Å². The van der Waals surface area contributed by atoms with Crippen LogP contribution < -0.4 is 9.80 Å². The molecule has 0 spiro atoms. The van der Waals surface area contributed by atoms with Crippen molar-refractivity contribution in [3.8, 4) is 11.1 Å². The normalized spacial score (nSPS) is 37.1. The molecule has 0 unspecified atom stereocenters. The number of anilines is 2. The zero-order valence-corrected chi connectivity index (χ0v) is 19.5. The highest BCUT2D eigenvalue weighted by Gasteiger charge is 2.60. The quantitative estimate of drug-likeness (QED) is 0.496. The van der Waals surface area contributed by atoms with Crippen LogP contribution in [0.2, 0.25) is 0 Å². The van der Waals surface area contributed by atoms with Gasteiger partial charge in [-0.2, -0.15) is 0 Å². The average Bonchev–Trinajstić information content (AvgIpc) is 3.73. The van der Waals surface area contributed by atoms with Crippen molar-refractivity contribution in [2.24, 2.45) is 47.3 Å². The molecule has 2 saturated carbocycles. The van der Waals surface area contributed by atoms with Crippen molar-refractivity contribution in [1.82, 2.24) is 0 Å². The molecule has 2 saturated heterocycles. The van der Waals surface area contributed by atoms with E-state index in [1.807, 2.05) is 48.5 Å². The molecule has 2 aromatic carbocycles. The van der Waals surface area contributed by atoms with Crippen LogP contribution in [0.1, 0.15) is 12.8 Å². The minimum Gasteiger partial charge on any atom is -0.274 e. The fourth-order valence-corrected chi connectivity index (χ4v) is 7.92. The molecule has 4 fully saturated rings. The number of benzene rings is 2. The van der Waals surface area contributed by atoms with E-state index in [1.54, 1.807) is 0 Å². The lowest BCUT2D eigenvalue weighted by Gasteiger charge is -2.18. The number of hydrogen-bond donors (Lipinski definition) is 0. The van der Waals surface area contributed by atoms with Gasteiger partial charge in [0, 0.05) is 0 Å². The lowest BCUT2D eigenvalue weighted by Crippen LogP contribution is -2.32. The number of amides is 4. The molecule has 8 rings (SSSR count). The number of nitrogens with zero attached hydrogens (tertiary/aromatic N) is 2. The maximum Gasteiger partial charge on any atom is 0.238 e. The van der Waals surface area contributed by atoms with Gasteiger partial charge < -0.3 is 0 Å². The van der Waals surface area contributed by atoms with Crippen LogP contribution in [-0.4, -0.2) is 23.6 Å². The van der Waals surface area contributed by atoms with Gasteiger partial charge in [0.15, 0.2) is 0 Å². The summed E-state index contributed by atoms with van der Waals surface area (Å²) < 4.78 is 0. The third-order valence-corrected chi connectivity index (χ3v) is 9.53. The SMILES string of the molecule is O=C1[C@@H]2[C@H](C(=O)N1c1ccc(-c3ccc(N4C(=O)[C@@H]5[C@H](C4=O)[C@H]4C=C[C@H]5C4)cc3)cc1)[C@@H]1C=C[C@H]2C1. The molecule has 0 aromatic heterocycles. The molecule has 2 aliphatic heterocycles. The van der Waals surface area contributed by atoms with Gasteiger partial charge in [-0.15, -0.1) is 0 Å². The van der Waals surface area contributed by atoms with Crippen molar-refractivity contribution < 1.29 is 19.2 Å². The molecule has 4 aliphatic carbocycles. The molecular formula is C30H24N2O4. The molecule has 6 aliphatic rings. The lowest BCUT2D eigenvalue weighted by molar-refractivity contribution is -0.124. The van der Waals surface area contributed by atoms with Crippen LogP contribution in [0.3, 0.4) is 0 Å². The Kier molecular flexibility index (Phi) is 3.91. The van der Waals surface area contributed by atoms with E-state index >= 15 is 0 Å². The van der Waals surface area contributed by atoms with Crippen molar-refractivity contribution in [2.45, 2.75) is 12.8 Å². The van der Waals surface area contributed by atoms with Gasteiger partial charge in [0.05, 0.1) is 35.0 Å². The van der Waals surface area contributed by atoms with E-state index in [-0.39, 0.29) is 71.0 Å². The van der Waals surface area contributed by atoms with Gasteiger partial charge in [0.2, 0.25) is 23.6 Å². The molecule has 6 heteroatoms. The van der Waals surface area contributed by atoms with Crippen LogP contribution in [0.15, 0.2) is 72.8 Å². The van der Waals surface area contributed by atoms with Gasteiger partial charge >= 0.3 is 0 Å². The van der Waals surface area contributed by atoms with Crippen LogP contribution in [0.4, 0.5) is 11.4 Å². The molecule has 36 heavy (non-hydrogen) atoms. The standard InChI is InChI=1S/C30H24N2O4/c33-27-23-17-1-2-18(13-17)24(23)28(34)31(27)21-9-5-15(6-10-21)16-7-11-22(12-8-16)32-29(35)25-19-3-4-20(14-19)26(25)30(32)36/h1-12,17-20,23-26H,13-14H2/t17-,18-,19-,20+,23-,24+,25-,26+/m0/s1. The Morgan fingerprint density at radius 3 is 1.00 bits per heavy atom. The Labute approximate surface area is 208 Å². The maximum absolute atomic E-state index is 13.1. The third-order valence-electron chi connectivity index (χ3n) is 9.53. The summed E-state index contributed by atoms with van der Waals surface area (Å²) in [5, 5.41) is 0. The van der Waals surface area contributed by atoms with Gasteiger partial charge in [0.1, 0.15) is 0 Å². The highest BCUT2D eigenvalue weighted by Crippen LogP contribution is 2.54. The summed E-state index contributed by atoms with van der Waals surface area (Å²) in [5.74, 6) is -0.359. The highest BCUT2D eigenvalue weighted by molar-refractivity contribution is 6.23. The van der Waals surface area contributed by atoms with Crippen LogP contribution in [0, 0.1) is 47.3 Å². The number of fused-ring (bicyclic) bond motifs is 10. The molecule has 2 heterocycles. The van der Waals surface area contributed by atoms with E-state index in [4.69, 9.17) is 0 Å². The summed E-state index contributed by atoms with van der Waals surface area (Å²) in [6, 6.07) is 14.9. The second kappa shape index (κ2) is 6.90. The predicted molar refractivity (Wildman–Crippen MR) is 132 cm³/mol. The van der Waals surface area contributed by atoms with Crippen molar-refractivity contribution in [3.63, 3.8) is 0 Å². The van der Waals surface area contributed by atoms with Crippen molar-refractivity contribution >= 4 is 35.0 Å². The number of imide groups is 2. The summed E-state index contributed by atoms with van der Waals surface area (Å²) in [7, 11) is 0. The first-order valence-electron chi connectivity index (χ1n) is 12.8. The second-order valence-corrected chi connectivity index (χ2v) is 11.1. The molecular weight excluding hydrogens is 452 g/mol. The lowest BCUT2D eigenvalue weighted by atomic mass is 9.85. The van der Waals surface area contributed by atoms with Crippen molar-refractivity contribution in [3.05, 3.63) is 72.8 Å². The summed E-state index contributed by atoms with van der Waals surface area (Å²) in [4.78, 5) is 55.1. The summed E-state index contributed by atoms with van der Waals surface area (Å²) in [6.07, 6.45) is 10.2. The topological polar surface area (TPSA) is 74.8 Å². The van der Waals surface area contributed by atoms with Gasteiger partial charge in [-0.25, -0.2) is 0 Å². The van der Waals surface area contributed by atoms with E-state index in [1.165, 1.54) is 9.80 Å². The molecule has 4 amide bonds. The maximum atomic E-state index is 13.1. The van der Waals surface area contributed by atoms with Crippen LogP contribution >= 0.6 is 0 Å². The summed E-state index contributed by atoms with van der Waals surface area (Å²) in [5.41, 5.74) is 3.10. The Morgan fingerprint density at radius 2 is 0.722 bits per heavy atom. The molecule has 0 radical (unpaired) electrons. The monoisotopic (exact) mass is 476 g/mol. The van der Waals surface area contributed by atoms with Crippen LogP contribution in [-0.2, 0) is 19.2 Å². The molecule has 178 valence electrons. The van der Waals surface area contributed by atoms with E-state index in [9.17, 15) is 19.2 Å². The number of carbonyl (C=O) groups is 4. The number of hydrogen-bond acceptors (Lipinski definition) is 4. The van der Waals surface area contributed by atoms with Crippen molar-refractivity contribution in [2.75, 3.05) is 9.80 Å². The van der Waals surface area contributed by atoms with E-state index in [2.05, 4.69) is 24.3 Å². The minimum absolute atomic E-state index is 0.0766. The minimum atomic E-state index is -0.207. The largest absolute Gasteiger partial charge is 0.274 e. The number of rotatable bonds is 3. The average molecular weight is 477 g/mol. The zero-order valence-electron chi connectivity index (χ0n) is 19.5. The first kappa shape index (κ1) is 20.4. The second-order valence-electron chi connectivity index (χ2n) is 11.1. The Balaban J connectivity index is 1.03. The third kappa shape index (κ3) is 2.47. The molecule has 2 aromatic rings. The molecule has 6 nitrogen and oxygen atoms in total. The Hall–Kier alpha value is -3.80. The summed E-state index contributed by atoms with van der Waals surface area (Å²) >= 11 is 0. The fraction of sp³-hybridized carbons (Fsp3) is 0.333. The van der Waals surface area contributed by atoms with Gasteiger partial charge in [-0.1, -0.05) is 48.6 Å². The molecule has 8 atom stereocenters. The first-order chi connectivity index (χ1) is 17.5. The fourth-order valence-electron chi connectivity index (χ4n) is 7.92. The summed E-state index contributed by atoms with van der Waals surface area (Å²) in [6.45, 7) is 0. The first-order valence-corrected chi connectivity index (χ1v) is 12.8. The number of allylic oxidation sites excluding steroid dienone is 4. The van der Waals surface area contributed by atoms with Crippen molar-refractivity contribution in [1.29, 1.82) is 0 Å². The van der Waals surface area contributed by atoms with E-state index in [0.29, 0.717) is 11.4 Å². The number of carbonyl (C=O) groups excluding carboxylic acids is 4. The van der Waals surface area contributed by atoms with Gasteiger partial charge in [0.25, 0.3) is 0 Å². The Morgan fingerprint density at radius 1 is 0.444 bits per heavy atom. The Bertz CT molecular complexity index is 1250. The zero-order chi connectivity index (χ0) is 24.3. The molecule has 4 bridgehead atoms. The van der Waals surface area contributed by atoms with E-state index < -0.39 is 0 Å². The van der Waals surface area contributed by atoms with Crippen LogP contribution in [0.5, 0.6) is 0 Å². The smallest absolute Gasteiger partial charge is 0.238 e. The highest BCUT2D eigenvalue weighted by atomic mass is 16.2. The van der Waals surface area contributed by atoms with Gasteiger partial charge in [-0.05, 0) is 71.9 Å². The predicted octanol–water partition coefficient (Wildman–Crippen LogP) is 3.98. The van der Waals surface area contributed by atoms with Gasteiger partial charge in [-0.3, -0.25) is 29.0 Å². The van der Waals surface area contributed by atoms with Crippen LogP contribution in [0.25, 0.3) is 11.1 Å².